The smallest absolute Gasteiger partial charge is 0.417 e. The third-order valence-corrected chi connectivity index (χ3v) is 6.58. The van der Waals surface area contributed by atoms with E-state index in [2.05, 4.69) is 15.6 Å². The number of hydrogen-bond acceptors (Lipinski definition) is 5. The van der Waals surface area contributed by atoms with E-state index in [4.69, 9.17) is 16.3 Å². The Bertz CT molecular complexity index is 1620. The molecule has 2 amide bonds. The second kappa shape index (κ2) is 11.3. The zero-order valence-electron chi connectivity index (χ0n) is 21.1. The summed E-state index contributed by atoms with van der Waals surface area (Å²) in [5.41, 5.74) is 1.61. The van der Waals surface area contributed by atoms with E-state index < -0.39 is 29.6 Å². The maximum Gasteiger partial charge on any atom is 0.417 e. The fourth-order valence-corrected chi connectivity index (χ4v) is 4.43. The van der Waals surface area contributed by atoms with Gasteiger partial charge in [0.2, 0.25) is 5.88 Å². The second-order valence-electron chi connectivity index (χ2n) is 9.14. The summed E-state index contributed by atoms with van der Waals surface area (Å²) in [6.45, 7) is 0. The summed E-state index contributed by atoms with van der Waals surface area (Å²) in [5.74, 6) is -1.51. The zero-order valence-corrected chi connectivity index (χ0v) is 21.8. The third kappa shape index (κ3) is 6.33. The van der Waals surface area contributed by atoms with Crippen LogP contribution in [0, 0.1) is 0 Å². The first kappa shape index (κ1) is 27.7. The Hall–Kier alpha value is -4.83. The molecule has 0 fully saturated rings. The van der Waals surface area contributed by atoms with Gasteiger partial charge in [-0.1, -0.05) is 66.2 Å². The lowest BCUT2D eigenvalue weighted by molar-refractivity contribution is -0.137. The number of ether oxygens (including phenoxy) is 1. The first-order valence-corrected chi connectivity index (χ1v) is 12.7. The Kier molecular flexibility index (Phi) is 7.67. The highest BCUT2D eigenvalue weighted by Gasteiger charge is 2.36. The molecule has 1 atom stereocenters. The SMILES string of the molecule is O=C(Nc1ccc(-c2ccc(Oc3ncc(C(F)(F)F)cc3Cl)cc2)cc1)C1=C(O)C(Cc2ccccc2)NC1=O. The summed E-state index contributed by atoms with van der Waals surface area (Å²) >= 11 is 5.90. The molecule has 3 aromatic carbocycles. The average molecular weight is 580 g/mol. The summed E-state index contributed by atoms with van der Waals surface area (Å²) in [5, 5.41) is 15.6. The minimum atomic E-state index is -4.56. The summed E-state index contributed by atoms with van der Waals surface area (Å²) in [4.78, 5) is 28.9. The molecule has 0 aliphatic carbocycles. The monoisotopic (exact) mass is 579 g/mol. The Morgan fingerprint density at radius 3 is 2.24 bits per heavy atom. The van der Waals surface area contributed by atoms with Gasteiger partial charge in [0.25, 0.3) is 11.8 Å². The quantitative estimate of drug-likeness (QED) is 0.211. The highest BCUT2D eigenvalue weighted by atomic mass is 35.5. The van der Waals surface area contributed by atoms with Crippen molar-refractivity contribution in [1.29, 1.82) is 0 Å². The van der Waals surface area contributed by atoms with E-state index in [1.54, 1.807) is 48.5 Å². The Balaban J connectivity index is 1.22. The van der Waals surface area contributed by atoms with E-state index >= 15 is 0 Å². The average Bonchev–Trinajstić information content (AvgIpc) is 3.23. The minimum absolute atomic E-state index is 0.156. The number of hydrogen-bond donors (Lipinski definition) is 3. The van der Waals surface area contributed by atoms with E-state index in [1.807, 2.05) is 30.3 Å². The lowest BCUT2D eigenvalue weighted by atomic mass is 10.0. The normalized spacial score (nSPS) is 15.0. The Labute approximate surface area is 237 Å². The van der Waals surface area contributed by atoms with Gasteiger partial charge in [0, 0.05) is 11.9 Å². The van der Waals surface area contributed by atoms with Crippen LogP contribution >= 0.6 is 11.6 Å². The molecule has 0 radical (unpaired) electrons. The van der Waals surface area contributed by atoms with Gasteiger partial charge in [-0.15, -0.1) is 0 Å². The van der Waals surface area contributed by atoms with Crippen molar-refractivity contribution in [3.05, 3.63) is 119 Å². The van der Waals surface area contributed by atoms with E-state index in [9.17, 15) is 27.9 Å². The molecule has 0 bridgehead atoms. The van der Waals surface area contributed by atoms with Crippen molar-refractivity contribution >= 4 is 29.1 Å². The standard InChI is InChI=1S/C30H21ClF3N3O4/c31-23-15-20(30(32,33)34)16-35-29(23)41-22-12-8-19(9-13-22)18-6-10-21(11-7-18)36-27(39)25-26(38)24(37-28(25)40)14-17-4-2-1-3-5-17/h1-13,15-16,24,38H,14H2,(H,36,39)(H,37,40). The molecule has 208 valence electrons. The molecule has 1 unspecified atom stereocenters. The van der Waals surface area contributed by atoms with Crippen LogP contribution in [0.5, 0.6) is 11.6 Å². The number of aliphatic hydroxyl groups is 1. The molecule has 41 heavy (non-hydrogen) atoms. The van der Waals surface area contributed by atoms with Crippen molar-refractivity contribution in [2.45, 2.75) is 18.6 Å². The van der Waals surface area contributed by atoms with Crippen LogP contribution in [0.3, 0.4) is 0 Å². The first-order chi connectivity index (χ1) is 19.6. The summed E-state index contributed by atoms with van der Waals surface area (Å²) in [7, 11) is 0. The fourth-order valence-electron chi connectivity index (χ4n) is 4.23. The van der Waals surface area contributed by atoms with E-state index in [-0.39, 0.29) is 22.2 Å². The molecule has 0 spiro atoms. The van der Waals surface area contributed by atoms with Gasteiger partial charge < -0.3 is 20.5 Å². The summed E-state index contributed by atoms with van der Waals surface area (Å²) < 4.78 is 44.0. The van der Waals surface area contributed by atoms with Crippen LogP contribution < -0.4 is 15.4 Å². The molecule has 7 nitrogen and oxygen atoms in total. The highest BCUT2D eigenvalue weighted by Crippen LogP contribution is 2.35. The second-order valence-corrected chi connectivity index (χ2v) is 9.55. The number of alkyl halides is 3. The number of nitrogens with one attached hydrogen (secondary N) is 2. The molecular weight excluding hydrogens is 559 g/mol. The lowest BCUT2D eigenvalue weighted by Gasteiger charge is -2.11. The molecule has 2 heterocycles. The number of benzene rings is 3. The fraction of sp³-hybridized carbons (Fsp3) is 0.100. The van der Waals surface area contributed by atoms with Gasteiger partial charge in [0.05, 0.1) is 11.6 Å². The van der Waals surface area contributed by atoms with Crippen LogP contribution in [0.1, 0.15) is 11.1 Å². The predicted octanol–water partition coefficient (Wildman–Crippen LogP) is 6.70. The number of aliphatic hydroxyl groups excluding tert-OH is 1. The molecule has 4 aromatic rings. The number of carbonyl (C=O) groups is 2. The number of anilines is 1. The van der Waals surface area contributed by atoms with Crippen molar-refractivity contribution in [2.24, 2.45) is 0 Å². The third-order valence-electron chi connectivity index (χ3n) is 6.31. The minimum Gasteiger partial charge on any atom is -0.509 e. The predicted molar refractivity (Wildman–Crippen MR) is 147 cm³/mol. The number of carbonyl (C=O) groups excluding carboxylic acids is 2. The first-order valence-electron chi connectivity index (χ1n) is 12.3. The number of halogens is 4. The molecule has 11 heteroatoms. The van der Waals surface area contributed by atoms with Crippen molar-refractivity contribution in [1.82, 2.24) is 10.3 Å². The van der Waals surface area contributed by atoms with Crippen LogP contribution in [-0.2, 0) is 22.2 Å². The Morgan fingerprint density at radius 1 is 1.00 bits per heavy atom. The molecule has 1 aliphatic rings. The van der Waals surface area contributed by atoms with Crippen LogP contribution in [0.25, 0.3) is 11.1 Å². The molecule has 3 N–H and O–H groups in total. The van der Waals surface area contributed by atoms with E-state index in [1.165, 1.54) is 0 Å². The summed E-state index contributed by atoms with van der Waals surface area (Å²) in [6, 6.07) is 22.8. The van der Waals surface area contributed by atoms with Crippen molar-refractivity contribution in [3.63, 3.8) is 0 Å². The number of pyridine rings is 1. The molecule has 0 saturated heterocycles. The topological polar surface area (TPSA) is 101 Å². The Morgan fingerprint density at radius 2 is 1.63 bits per heavy atom. The lowest BCUT2D eigenvalue weighted by Crippen LogP contribution is -2.31. The van der Waals surface area contributed by atoms with Gasteiger partial charge in [-0.25, -0.2) is 4.98 Å². The van der Waals surface area contributed by atoms with Crippen LogP contribution in [0.2, 0.25) is 5.02 Å². The van der Waals surface area contributed by atoms with Crippen LogP contribution in [0.4, 0.5) is 18.9 Å². The maximum atomic E-state index is 12.8. The van der Waals surface area contributed by atoms with Crippen LogP contribution in [0.15, 0.2) is 102 Å². The molecular formula is C30H21ClF3N3O4. The number of rotatable bonds is 7. The summed E-state index contributed by atoms with van der Waals surface area (Å²) in [6.07, 6.45) is -3.57. The van der Waals surface area contributed by atoms with Gasteiger partial charge in [-0.3, -0.25) is 9.59 Å². The number of nitrogens with zero attached hydrogens (tertiary/aromatic N) is 1. The van der Waals surface area contributed by atoms with Crippen LogP contribution in [-0.4, -0.2) is 27.9 Å². The van der Waals surface area contributed by atoms with Gasteiger partial charge in [-0.05, 0) is 53.4 Å². The molecule has 1 aliphatic heterocycles. The number of amides is 2. The van der Waals surface area contributed by atoms with Crippen molar-refractivity contribution < 1.29 is 32.6 Å². The van der Waals surface area contributed by atoms with E-state index in [0.717, 1.165) is 22.8 Å². The van der Waals surface area contributed by atoms with Gasteiger partial charge in [-0.2, -0.15) is 13.2 Å². The highest BCUT2D eigenvalue weighted by molar-refractivity contribution is 6.31. The van der Waals surface area contributed by atoms with Gasteiger partial charge in [0.1, 0.15) is 22.1 Å². The van der Waals surface area contributed by atoms with Gasteiger partial charge >= 0.3 is 6.18 Å². The maximum absolute atomic E-state index is 12.8. The van der Waals surface area contributed by atoms with Crippen molar-refractivity contribution in [2.75, 3.05) is 5.32 Å². The largest absolute Gasteiger partial charge is 0.509 e. The molecule has 5 rings (SSSR count). The molecule has 1 aromatic heterocycles. The number of aromatic nitrogens is 1. The zero-order chi connectivity index (χ0) is 29.1. The van der Waals surface area contributed by atoms with Gasteiger partial charge in [0.15, 0.2) is 0 Å². The van der Waals surface area contributed by atoms with Crippen molar-refractivity contribution in [3.8, 4) is 22.8 Å². The van der Waals surface area contributed by atoms with E-state index in [0.29, 0.717) is 24.1 Å². The molecule has 0 saturated carbocycles.